The molecular formula is C13H19N3O3. The molecule has 2 heterocycles. The van der Waals surface area contributed by atoms with Gasteiger partial charge in [-0.05, 0) is 32.0 Å². The van der Waals surface area contributed by atoms with Gasteiger partial charge < -0.3 is 20.0 Å². The number of carbonyl (C=O) groups is 2. The fraction of sp³-hybridized carbons (Fsp3) is 0.538. The Balaban J connectivity index is 1.90. The maximum atomic E-state index is 12.2. The molecule has 1 saturated heterocycles. The summed E-state index contributed by atoms with van der Waals surface area (Å²) in [5.41, 5.74) is 0. The Morgan fingerprint density at radius 2 is 2.37 bits per heavy atom. The summed E-state index contributed by atoms with van der Waals surface area (Å²) in [7, 11) is 1.77. The van der Waals surface area contributed by atoms with Gasteiger partial charge in [-0.3, -0.25) is 9.59 Å². The van der Waals surface area contributed by atoms with Gasteiger partial charge in [0.2, 0.25) is 5.91 Å². The van der Waals surface area contributed by atoms with Crippen molar-refractivity contribution in [3.63, 3.8) is 0 Å². The van der Waals surface area contributed by atoms with E-state index in [9.17, 15) is 9.59 Å². The molecule has 0 saturated carbocycles. The zero-order chi connectivity index (χ0) is 13.8. The van der Waals surface area contributed by atoms with Crippen LogP contribution >= 0.6 is 0 Å². The third-order valence-electron chi connectivity index (χ3n) is 3.39. The number of nitrogens with zero attached hydrogens (tertiary/aromatic N) is 1. The van der Waals surface area contributed by atoms with Crippen LogP contribution in [0.5, 0.6) is 0 Å². The number of rotatable bonds is 4. The van der Waals surface area contributed by atoms with E-state index in [1.54, 1.807) is 31.0 Å². The minimum atomic E-state index is -0.566. The van der Waals surface area contributed by atoms with Crippen LogP contribution in [0.1, 0.15) is 23.9 Å². The highest BCUT2D eigenvalue weighted by Crippen LogP contribution is 2.08. The fourth-order valence-corrected chi connectivity index (χ4v) is 2.19. The maximum absolute atomic E-state index is 12.2. The smallest absolute Gasteiger partial charge is 0.287 e. The van der Waals surface area contributed by atoms with E-state index in [0.29, 0.717) is 0 Å². The van der Waals surface area contributed by atoms with Crippen LogP contribution in [0.3, 0.4) is 0 Å². The maximum Gasteiger partial charge on any atom is 0.287 e. The number of amides is 2. The molecule has 0 aliphatic carbocycles. The largest absolute Gasteiger partial charge is 0.459 e. The van der Waals surface area contributed by atoms with Gasteiger partial charge >= 0.3 is 0 Å². The Hall–Kier alpha value is -1.82. The van der Waals surface area contributed by atoms with E-state index < -0.39 is 6.04 Å². The van der Waals surface area contributed by atoms with Crippen molar-refractivity contribution in [2.24, 2.45) is 0 Å². The Labute approximate surface area is 112 Å². The third-order valence-corrected chi connectivity index (χ3v) is 3.39. The number of likely N-dealkylation sites (N-methyl/N-ethyl adjacent to an activating group) is 1. The second-order valence-electron chi connectivity index (χ2n) is 4.77. The van der Waals surface area contributed by atoms with Crippen LogP contribution in [-0.2, 0) is 4.79 Å². The Kier molecular flexibility index (Phi) is 4.21. The highest BCUT2D eigenvalue weighted by molar-refractivity contribution is 5.95. The standard InChI is InChI=1S/C13H19N3O3/c1-9(15-12(17)11-4-3-7-19-11)13(18)16(2)10-5-6-14-8-10/h3-4,7,9-10,14H,5-6,8H2,1-2H3,(H,15,17). The molecule has 0 bridgehead atoms. The quantitative estimate of drug-likeness (QED) is 0.816. The lowest BCUT2D eigenvalue weighted by Gasteiger charge is -2.27. The molecule has 104 valence electrons. The molecule has 2 N–H and O–H groups in total. The first-order valence-corrected chi connectivity index (χ1v) is 6.41. The predicted octanol–water partition coefficient (Wildman–Crippen LogP) is 0.218. The monoisotopic (exact) mass is 265 g/mol. The zero-order valence-electron chi connectivity index (χ0n) is 11.2. The number of furan rings is 1. The molecule has 1 fully saturated rings. The van der Waals surface area contributed by atoms with Gasteiger partial charge in [-0.2, -0.15) is 0 Å². The molecular weight excluding hydrogens is 246 g/mol. The summed E-state index contributed by atoms with van der Waals surface area (Å²) in [6.07, 6.45) is 2.37. The first kappa shape index (κ1) is 13.6. The average molecular weight is 265 g/mol. The van der Waals surface area contributed by atoms with Crippen molar-refractivity contribution >= 4 is 11.8 Å². The van der Waals surface area contributed by atoms with Gasteiger partial charge in [-0.25, -0.2) is 0 Å². The normalized spacial score (nSPS) is 20.0. The topological polar surface area (TPSA) is 74.6 Å². The van der Waals surface area contributed by atoms with Gasteiger partial charge in [0.15, 0.2) is 5.76 Å². The molecule has 2 amide bonds. The number of hydrogen-bond acceptors (Lipinski definition) is 4. The summed E-state index contributed by atoms with van der Waals surface area (Å²) in [5.74, 6) is -0.248. The van der Waals surface area contributed by atoms with Crippen LogP contribution in [0.25, 0.3) is 0 Å². The van der Waals surface area contributed by atoms with E-state index in [0.717, 1.165) is 19.5 Å². The molecule has 19 heavy (non-hydrogen) atoms. The highest BCUT2D eigenvalue weighted by Gasteiger charge is 2.27. The summed E-state index contributed by atoms with van der Waals surface area (Å²) in [6, 6.07) is 2.84. The van der Waals surface area contributed by atoms with Crippen LogP contribution in [0, 0.1) is 0 Å². The van der Waals surface area contributed by atoms with Gasteiger partial charge in [-0.15, -0.1) is 0 Å². The van der Waals surface area contributed by atoms with Gasteiger partial charge in [0, 0.05) is 19.6 Å². The van der Waals surface area contributed by atoms with Gasteiger partial charge in [0.25, 0.3) is 5.91 Å². The summed E-state index contributed by atoms with van der Waals surface area (Å²) in [4.78, 5) is 25.7. The number of nitrogens with one attached hydrogen (secondary N) is 2. The van der Waals surface area contributed by atoms with E-state index in [1.165, 1.54) is 6.26 Å². The lowest BCUT2D eigenvalue weighted by molar-refractivity contribution is -0.133. The van der Waals surface area contributed by atoms with E-state index in [-0.39, 0.29) is 23.6 Å². The summed E-state index contributed by atoms with van der Waals surface area (Å²) < 4.78 is 4.99. The molecule has 0 radical (unpaired) electrons. The molecule has 6 heteroatoms. The van der Waals surface area contributed by atoms with Crippen LogP contribution < -0.4 is 10.6 Å². The van der Waals surface area contributed by atoms with Crippen LogP contribution in [-0.4, -0.2) is 48.9 Å². The first-order chi connectivity index (χ1) is 9.09. The summed E-state index contributed by atoms with van der Waals surface area (Å²) >= 11 is 0. The lowest BCUT2D eigenvalue weighted by Crippen LogP contribution is -2.49. The molecule has 2 unspecified atom stereocenters. The van der Waals surface area contributed by atoms with Crippen molar-refractivity contribution < 1.29 is 14.0 Å². The number of hydrogen-bond donors (Lipinski definition) is 2. The molecule has 1 aliphatic heterocycles. The molecule has 1 aromatic heterocycles. The molecule has 1 aliphatic rings. The van der Waals surface area contributed by atoms with Crippen molar-refractivity contribution in [3.05, 3.63) is 24.2 Å². The van der Waals surface area contributed by atoms with Crippen LogP contribution in [0.2, 0.25) is 0 Å². The second-order valence-corrected chi connectivity index (χ2v) is 4.77. The van der Waals surface area contributed by atoms with Crippen molar-refractivity contribution in [2.75, 3.05) is 20.1 Å². The zero-order valence-corrected chi connectivity index (χ0v) is 11.2. The molecule has 2 atom stereocenters. The molecule has 0 aromatic carbocycles. The highest BCUT2D eigenvalue weighted by atomic mass is 16.3. The van der Waals surface area contributed by atoms with Gasteiger partial charge in [-0.1, -0.05) is 0 Å². The molecule has 0 spiro atoms. The minimum Gasteiger partial charge on any atom is -0.459 e. The minimum absolute atomic E-state index is 0.0893. The van der Waals surface area contributed by atoms with Gasteiger partial charge in [0.1, 0.15) is 6.04 Å². The van der Waals surface area contributed by atoms with Crippen molar-refractivity contribution in [2.45, 2.75) is 25.4 Å². The molecule has 1 aromatic rings. The van der Waals surface area contributed by atoms with Crippen LogP contribution in [0.4, 0.5) is 0 Å². The third kappa shape index (κ3) is 3.14. The predicted molar refractivity (Wildman–Crippen MR) is 69.7 cm³/mol. The van der Waals surface area contributed by atoms with E-state index >= 15 is 0 Å². The van der Waals surface area contributed by atoms with Crippen molar-refractivity contribution in [1.29, 1.82) is 0 Å². The fourth-order valence-electron chi connectivity index (χ4n) is 2.19. The summed E-state index contributed by atoms with van der Waals surface area (Å²) in [6.45, 7) is 3.42. The number of carbonyl (C=O) groups excluding carboxylic acids is 2. The first-order valence-electron chi connectivity index (χ1n) is 6.41. The van der Waals surface area contributed by atoms with E-state index in [4.69, 9.17) is 4.42 Å². The van der Waals surface area contributed by atoms with Crippen LogP contribution in [0.15, 0.2) is 22.8 Å². The average Bonchev–Trinajstić information content (AvgIpc) is 3.08. The molecule has 2 rings (SSSR count). The Bertz CT molecular complexity index is 438. The SMILES string of the molecule is CC(NC(=O)c1ccco1)C(=O)N(C)C1CCNC1. The van der Waals surface area contributed by atoms with E-state index in [1.807, 2.05) is 0 Å². The van der Waals surface area contributed by atoms with Crippen molar-refractivity contribution in [3.8, 4) is 0 Å². The van der Waals surface area contributed by atoms with E-state index in [2.05, 4.69) is 10.6 Å². The summed E-state index contributed by atoms with van der Waals surface area (Å²) in [5, 5.41) is 5.86. The second kappa shape index (κ2) is 5.88. The Morgan fingerprint density at radius 1 is 1.58 bits per heavy atom. The van der Waals surface area contributed by atoms with Gasteiger partial charge in [0.05, 0.1) is 6.26 Å². The molecule has 6 nitrogen and oxygen atoms in total. The van der Waals surface area contributed by atoms with Crippen molar-refractivity contribution in [1.82, 2.24) is 15.5 Å². The lowest BCUT2D eigenvalue weighted by atomic mass is 10.2. The Morgan fingerprint density at radius 3 is 2.95 bits per heavy atom.